The molecule has 20 heavy (non-hydrogen) atoms. The fourth-order valence-electron chi connectivity index (χ4n) is 2.11. The molecule has 0 aliphatic rings. The zero-order valence-electron chi connectivity index (χ0n) is 12.5. The largest absolute Gasteiger partial charge is 0.313 e. The van der Waals surface area contributed by atoms with Crippen molar-refractivity contribution in [2.24, 2.45) is 11.7 Å². The summed E-state index contributed by atoms with van der Waals surface area (Å²) in [6.45, 7) is 7.18. The lowest BCUT2D eigenvalue weighted by Gasteiger charge is -2.20. The molecule has 0 aromatic carbocycles. The van der Waals surface area contributed by atoms with Crippen LogP contribution < -0.4 is 5.73 Å². The van der Waals surface area contributed by atoms with Gasteiger partial charge < -0.3 is 5.73 Å². The van der Waals surface area contributed by atoms with Gasteiger partial charge in [0, 0.05) is 0 Å². The maximum Gasteiger partial charge on any atom is 0.281 e. The van der Waals surface area contributed by atoms with Crippen molar-refractivity contribution < 1.29 is 17.8 Å². The van der Waals surface area contributed by atoms with Crippen molar-refractivity contribution in [1.82, 2.24) is 0 Å². The van der Waals surface area contributed by atoms with E-state index >= 15 is 0 Å². The van der Waals surface area contributed by atoms with Gasteiger partial charge in [0.25, 0.3) is 10.1 Å². The van der Waals surface area contributed by atoms with Crippen molar-refractivity contribution >= 4 is 15.9 Å². The molecule has 6 heteroatoms. The lowest BCUT2D eigenvalue weighted by atomic mass is 9.93. The first kappa shape index (κ1) is 19.3. The van der Waals surface area contributed by atoms with Crippen LogP contribution in [0.2, 0.25) is 0 Å². The van der Waals surface area contributed by atoms with Crippen LogP contribution in [0.5, 0.6) is 0 Å². The molecule has 118 valence electrons. The van der Waals surface area contributed by atoms with E-state index in [1.165, 1.54) is 13.3 Å². The van der Waals surface area contributed by atoms with Crippen LogP contribution in [-0.2, 0) is 14.9 Å². The molecule has 2 unspecified atom stereocenters. The number of nitrogens with two attached hydrogens (primary N) is 1. The average Bonchev–Trinajstić information content (AvgIpc) is 2.35. The summed E-state index contributed by atoms with van der Waals surface area (Å²) in [5.74, 6) is -1.29. The van der Waals surface area contributed by atoms with Gasteiger partial charge in [0.05, 0.1) is 5.92 Å². The zero-order valence-corrected chi connectivity index (χ0v) is 13.3. The fourth-order valence-corrected chi connectivity index (χ4v) is 2.79. The molecule has 3 N–H and O–H groups in total. The number of hydrogen-bond donors (Lipinski definition) is 2. The summed E-state index contributed by atoms with van der Waals surface area (Å²) >= 11 is 0. The average molecular weight is 305 g/mol. The van der Waals surface area contributed by atoms with E-state index in [-0.39, 0.29) is 11.4 Å². The van der Waals surface area contributed by atoms with Gasteiger partial charge in [0.2, 0.25) is 0 Å². The maximum absolute atomic E-state index is 11.9. The Morgan fingerprint density at radius 3 is 2.15 bits per heavy atom. The van der Waals surface area contributed by atoms with Gasteiger partial charge in [-0.25, -0.2) is 0 Å². The minimum atomic E-state index is -4.42. The Kier molecular flexibility index (Phi) is 8.93. The van der Waals surface area contributed by atoms with Gasteiger partial charge in [0.1, 0.15) is 5.37 Å². The van der Waals surface area contributed by atoms with Crippen LogP contribution >= 0.6 is 0 Å². The van der Waals surface area contributed by atoms with Gasteiger partial charge in [-0.05, 0) is 18.9 Å². The summed E-state index contributed by atoms with van der Waals surface area (Å²) in [7, 11) is -4.42. The van der Waals surface area contributed by atoms with E-state index < -0.39 is 21.4 Å². The van der Waals surface area contributed by atoms with Gasteiger partial charge in [-0.15, -0.1) is 0 Å². The molecule has 0 aliphatic carbocycles. The van der Waals surface area contributed by atoms with Gasteiger partial charge in [-0.2, -0.15) is 8.42 Å². The highest BCUT2D eigenvalue weighted by Gasteiger charge is 2.33. The van der Waals surface area contributed by atoms with Crippen molar-refractivity contribution in [1.29, 1.82) is 0 Å². The molecule has 0 aromatic rings. The molecule has 2 atom stereocenters. The summed E-state index contributed by atoms with van der Waals surface area (Å²) in [5, 5.41) is -1.57. The second-order valence-corrected chi connectivity index (χ2v) is 6.86. The predicted octanol–water partition coefficient (Wildman–Crippen LogP) is 2.67. The Bertz CT molecular complexity index is 417. The molecule has 0 heterocycles. The van der Waals surface area contributed by atoms with Crippen molar-refractivity contribution in [3.05, 3.63) is 12.2 Å². The van der Waals surface area contributed by atoms with Gasteiger partial charge in [-0.1, -0.05) is 52.0 Å². The fraction of sp³-hybridized carbons (Fsp3) is 0.786. The van der Waals surface area contributed by atoms with E-state index in [1.807, 2.05) is 0 Å². The molecule has 0 rings (SSSR count). The summed E-state index contributed by atoms with van der Waals surface area (Å²) in [4.78, 5) is 11.9. The van der Waals surface area contributed by atoms with E-state index in [0.29, 0.717) is 6.42 Å². The second-order valence-electron chi connectivity index (χ2n) is 5.29. The Labute approximate surface area is 122 Å². The van der Waals surface area contributed by atoms with Crippen molar-refractivity contribution in [3.63, 3.8) is 0 Å². The smallest absolute Gasteiger partial charge is 0.281 e. The first-order valence-electron chi connectivity index (χ1n) is 7.13. The molecule has 0 spiro atoms. The van der Waals surface area contributed by atoms with Crippen molar-refractivity contribution in [2.75, 3.05) is 0 Å². The second kappa shape index (κ2) is 9.26. The molecule has 0 radical (unpaired) electrons. The maximum atomic E-state index is 11.9. The Balaban J connectivity index is 4.49. The van der Waals surface area contributed by atoms with Gasteiger partial charge in [0.15, 0.2) is 5.78 Å². The number of unbranched alkanes of at least 4 members (excludes halogenated alkanes) is 5. The zero-order chi connectivity index (χ0) is 15.8. The minimum absolute atomic E-state index is 0.264. The van der Waals surface area contributed by atoms with Gasteiger partial charge >= 0.3 is 0 Å². The van der Waals surface area contributed by atoms with Crippen LogP contribution in [0.4, 0.5) is 0 Å². The molecule has 0 saturated carbocycles. The molecule has 0 fully saturated rings. The standard InChI is InChI=1S/C14H27NO4S/c1-4-5-6-7-8-9-10-12(13(16)11(2)3)14(15)20(17,18)19/h12,14H,2,4-10,15H2,1,3H3,(H,17,18,19). The first-order valence-corrected chi connectivity index (χ1v) is 8.63. The monoisotopic (exact) mass is 305 g/mol. The number of rotatable bonds is 11. The number of allylic oxidation sites excluding steroid dienone is 1. The number of carbonyl (C=O) groups excluding carboxylic acids is 1. The van der Waals surface area contributed by atoms with E-state index in [0.717, 1.165) is 32.1 Å². The third kappa shape index (κ3) is 7.17. The summed E-state index contributed by atoms with van der Waals surface area (Å²) < 4.78 is 31.3. The summed E-state index contributed by atoms with van der Waals surface area (Å²) in [6, 6.07) is 0. The normalized spacial score (nSPS) is 14.8. The number of hydrogen-bond acceptors (Lipinski definition) is 4. The SMILES string of the molecule is C=C(C)C(=O)C(CCCCCCCC)C(N)S(=O)(=O)O. The van der Waals surface area contributed by atoms with Crippen molar-refractivity contribution in [3.8, 4) is 0 Å². The third-order valence-corrected chi connectivity index (χ3v) is 4.38. The molecule has 0 saturated heterocycles. The topological polar surface area (TPSA) is 97.5 Å². The molecule has 5 nitrogen and oxygen atoms in total. The van der Waals surface area contributed by atoms with Crippen LogP contribution in [0.25, 0.3) is 0 Å². The highest BCUT2D eigenvalue weighted by Crippen LogP contribution is 2.20. The summed E-state index contributed by atoms with van der Waals surface area (Å²) in [5.41, 5.74) is 5.76. The van der Waals surface area contributed by atoms with Crippen LogP contribution in [0.1, 0.15) is 58.8 Å². The molecule has 0 aromatic heterocycles. The quantitative estimate of drug-likeness (QED) is 0.347. The molecular formula is C14H27NO4S. The highest BCUT2D eigenvalue weighted by atomic mass is 32.2. The van der Waals surface area contributed by atoms with E-state index in [4.69, 9.17) is 10.3 Å². The Hall–Kier alpha value is -0.720. The minimum Gasteiger partial charge on any atom is -0.313 e. The Morgan fingerprint density at radius 1 is 1.20 bits per heavy atom. The lowest BCUT2D eigenvalue weighted by molar-refractivity contribution is -0.119. The Morgan fingerprint density at radius 2 is 1.70 bits per heavy atom. The van der Waals surface area contributed by atoms with Crippen LogP contribution in [0, 0.1) is 5.92 Å². The number of Topliss-reactive ketones (excluding diaryl/α,β-unsaturated/α-hetero) is 1. The lowest BCUT2D eigenvalue weighted by Crippen LogP contribution is -2.42. The third-order valence-electron chi connectivity index (χ3n) is 3.37. The molecular weight excluding hydrogens is 278 g/mol. The molecule has 0 aliphatic heterocycles. The number of ketones is 1. The number of carbonyl (C=O) groups is 1. The molecule has 0 bridgehead atoms. The predicted molar refractivity (Wildman–Crippen MR) is 80.8 cm³/mol. The molecule has 0 amide bonds. The van der Waals surface area contributed by atoms with E-state index in [2.05, 4.69) is 13.5 Å². The first-order chi connectivity index (χ1) is 9.21. The summed E-state index contributed by atoms with van der Waals surface area (Å²) in [6.07, 6.45) is 6.54. The van der Waals surface area contributed by atoms with Gasteiger partial charge in [-0.3, -0.25) is 9.35 Å². The van der Waals surface area contributed by atoms with Crippen molar-refractivity contribution in [2.45, 2.75) is 64.2 Å². The van der Waals surface area contributed by atoms with E-state index in [1.54, 1.807) is 0 Å². The highest BCUT2D eigenvalue weighted by molar-refractivity contribution is 7.86. The van der Waals surface area contributed by atoms with Crippen LogP contribution in [0.3, 0.4) is 0 Å². The van der Waals surface area contributed by atoms with E-state index in [9.17, 15) is 13.2 Å². The van der Waals surface area contributed by atoms with Crippen LogP contribution in [0.15, 0.2) is 12.2 Å². The van der Waals surface area contributed by atoms with Crippen LogP contribution in [-0.4, -0.2) is 24.1 Å².